The minimum atomic E-state index is -0.203. The molecule has 7 heteroatoms. The van der Waals surface area contributed by atoms with Crippen molar-refractivity contribution in [3.8, 4) is 6.07 Å². The van der Waals surface area contributed by atoms with Gasteiger partial charge in [0.2, 0.25) is 0 Å². The lowest BCUT2D eigenvalue weighted by Crippen LogP contribution is -2.17. The molecule has 1 N–H and O–H groups in total. The molecular weight excluding hydrogens is 394 g/mol. The number of aromatic nitrogens is 3. The summed E-state index contributed by atoms with van der Waals surface area (Å²) in [5, 5.41) is 14.1. The van der Waals surface area contributed by atoms with Crippen molar-refractivity contribution in [2.75, 3.05) is 5.32 Å². The summed E-state index contributed by atoms with van der Waals surface area (Å²) < 4.78 is 1.89. The molecule has 3 aromatic heterocycles. The molecule has 0 bridgehead atoms. The van der Waals surface area contributed by atoms with Gasteiger partial charge < -0.3 is 4.57 Å². The van der Waals surface area contributed by atoms with Crippen LogP contribution < -0.4 is 5.32 Å². The summed E-state index contributed by atoms with van der Waals surface area (Å²) in [6.07, 6.45) is 9.15. The van der Waals surface area contributed by atoms with E-state index in [1.54, 1.807) is 30.6 Å². The number of nitriles is 1. The highest BCUT2D eigenvalue weighted by atomic mass is 32.1. The number of amides is 1. The van der Waals surface area contributed by atoms with E-state index in [1.807, 2.05) is 58.6 Å². The second-order valence-electron chi connectivity index (χ2n) is 6.48. The molecule has 0 saturated heterocycles. The maximum atomic E-state index is 12.7. The van der Waals surface area contributed by atoms with Gasteiger partial charge in [0.05, 0.1) is 17.3 Å². The fourth-order valence-corrected chi connectivity index (χ4v) is 3.55. The molecule has 0 atom stereocenters. The zero-order valence-corrected chi connectivity index (χ0v) is 16.7. The molecule has 0 aliphatic carbocycles. The van der Waals surface area contributed by atoms with Gasteiger partial charge in [0.1, 0.15) is 5.69 Å². The van der Waals surface area contributed by atoms with Crippen LogP contribution in [0.1, 0.15) is 32.9 Å². The first-order valence-electron chi connectivity index (χ1n) is 9.20. The van der Waals surface area contributed by atoms with Gasteiger partial charge >= 0.3 is 0 Å². The molecule has 0 spiro atoms. The van der Waals surface area contributed by atoms with Crippen LogP contribution in [0.25, 0.3) is 12.2 Å². The van der Waals surface area contributed by atoms with Gasteiger partial charge in [-0.15, -0.1) is 11.3 Å². The number of anilines is 1. The van der Waals surface area contributed by atoms with Gasteiger partial charge in [-0.25, -0.2) is 4.98 Å². The minimum absolute atomic E-state index is 0.203. The van der Waals surface area contributed by atoms with E-state index >= 15 is 0 Å². The minimum Gasteiger partial charge on any atom is -0.339 e. The largest absolute Gasteiger partial charge is 0.339 e. The fourth-order valence-electron chi connectivity index (χ4n) is 2.87. The average molecular weight is 411 g/mol. The Morgan fingerprint density at radius 1 is 1.13 bits per heavy atom. The van der Waals surface area contributed by atoms with E-state index in [9.17, 15) is 4.79 Å². The highest BCUT2D eigenvalue weighted by Gasteiger charge is 2.13. The predicted molar refractivity (Wildman–Crippen MR) is 118 cm³/mol. The SMILES string of the molecule is N#Cc1ccc(C=Cc2csc(NC(=O)c3cccn3Cc3ccncc3)n2)cc1. The van der Waals surface area contributed by atoms with Crippen LogP contribution in [0.5, 0.6) is 0 Å². The van der Waals surface area contributed by atoms with Crippen molar-refractivity contribution in [3.05, 3.63) is 101 Å². The molecule has 1 aromatic carbocycles. The summed E-state index contributed by atoms with van der Waals surface area (Å²) in [6.45, 7) is 0.592. The lowest BCUT2D eigenvalue weighted by Gasteiger charge is -2.08. The zero-order chi connectivity index (χ0) is 20.8. The van der Waals surface area contributed by atoms with Crippen LogP contribution in [0.4, 0.5) is 5.13 Å². The number of benzene rings is 1. The fraction of sp³-hybridized carbons (Fsp3) is 0.0435. The first-order valence-corrected chi connectivity index (χ1v) is 10.1. The Kier molecular flexibility index (Phi) is 5.78. The summed E-state index contributed by atoms with van der Waals surface area (Å²) in [6, 6.07) is 16.9. The average Bonchev–Trinajstić information content (AvgIpc) is 3.43. The monoisotopic (exact) mass is 411 g/mol. The molecule has 1 amide bonds. The zero-order valence-electron chi connectivity index (χ0n) is 15.9. The molecule has 0 aliphatic rings. The molecule has 0 saturated carbocycles. The Morgan fingerprint density at radius 2 is 1.93 bits per heavy atom. The summed E-state index contributed by atoms with van der Waals surface area (Å²) in [4.78, 5) is 21.2. The third kappa shape index (κ3) is 4.69. The summed E-state index contributed by atoms with van der Waals surface area (Å²) in [5.41, 5.74) is 3.99. The first kappa shape index (κ1) is 19.3. The van der Waals surface area contributed by atoms with Crippen LogP contribution in [0.15, 0.2) is 72.5 Å². The number of nitrogens with one attached hydrogen (secondary N) is 1. The molecule has 0 fully saturated rings. The van der Waals surface area contributed by atoms with E-state index in [-0.39, 0.29) is 5.91 Å². The highest BCUT2D eigenvalue weighted by Crippen LogP contribution is 2.19. The van der Waals surface area contributed by atoms with E-state index in [4.69, 9.17) is 5.26 Å². The topological polar surface area (TPSA) is 83.6 Å². The van der Waals surface area contributed by atoms with E-state index in [0.717, 1.165) is 16.8 Å². The number of hydrogen-bond acceptors (Lipinski definition) is 5. The summed E-state index contributed by atoms with van der Waals surface area (Å²) in [7, 11) is 0. The van der Waals surface area contributed by atoms with Gasteiger partial charge in [0, 0.05) is 30.5 Å². The standard InChI is InChI=1S/C23H17N5OS/c24-14-18-5-3-17(4-6-18)7-8-20-16-30-23(26-20)27-22(29)21-2-1-13-28(21)15-19-9-11-25-12-10-19/h1-13,16H,15H2,(H,26,27,29). The molecule has 0 aliphatic heterocycles. The van der Waals surface area contributed by atoms with E-state index in [1.165, 1.54) is 11.3 Å². The van der Waals surface area contributed by atoms with Crippen LogP contribution in [0.3, 0.4) is 0 Å². The lowest BCUT2D eigenvalue weighted by molar-refractivity contribution is 0.101. The van der Waals surface area contributed by atoms with Gasteiger partial charge in [0.25, 0.3) is 5.91 Å². The van der Waals surface area contributed by atoms with Crippen LogP contribution in [-0.2, 0) is 6.54 Å². The Bertz CT molecular complexity index is 1220. The molecule has 0 unspecified atom stereocenters. The van der Waals surface area contributed by atoms with Crippen molar-refractivity contribution >= 4 is 34.5 Å². The number of pyridine rings is 1. The van der Waals surface area contributed by atoms with Crippen molar-refractivity contribution in [1.29, 1.82) is 5.26 Å². The van der Waals surface area contributed by atoms with E-state index in [0.29, 0.717) is 22.9 Å². The number of carbonyl (C=O) groups excluding carboxylic acids is 1. The number of rotatable bonds is 6. The van der Waals surface area contributed by atoms with Crippen molar-refractivity contribution in [3.63, 3.8) is 0 Å². The van der Waals surface area contributed by atoms with Gasteiger partial charge in [0.15, 0.2) is 5.13 Å². The van der Waals surface area contributed by atoms with Gasteiger partial charge in [-0.3, -0.25) is 15.1 Å². The molecule has 3 heterocycles. The van der Waals surface area contributed by atoms with Crippen LogP contribution in [0, 0.1) is 11.3 Å². The normalized spacial score (nSPS) is 10.8. The van der Waals surface area contributed by atoms with E-state index in [2.05, 4.69) is 21.4 Å². The van der Waals surface area contributed by atoms with Crippen LogP contribution >= 0.6 is 11.3 Å². The Balaban J connectivity index is 1.41. The summed E-state index contributed by atoms with van der Waals surface area (Å²) in [5.74, 6) is -0.203. The Labute approximate surface area is 177 Å². The molecule has 0 radical (unpaired) electrons. The number of nitrogens with zero attached hydrogens (tertiary/aromatic N) is 4. The second kappa shape index (κ2) is 8.99. The van der Waals surface area contributed by atoms with Crippen molar-refractivity contribution in [2.45, 2.75) is 6.54 Å². The number of carbonyl (C=O) groups is 1. The summed E-state index contributed by atoms with van der Waals surface area (Å²) >= 11 is 1.37. The third-order valence-corrected chi connectivity index (χ3v) is 5.17. The molecule has 4 aromatic rings. The van der Waals surface area contributed by atoms with Crippen molar-refractivity contribution in [1.82, 2.24) is 14.5 Å². The molecule has 30 heavy (non-hydrogen) atoms. The van der Waals surface area contributed by atoms with Crippen LogP contribution in [-0.4, -0.2) is 20.4 Å². The Morgan fingerprint density at radius 3 is 2.70 bits per heavy atom. The maximum absolute atomic E-state index is 12.7. The van der Waals surface area contributed by atoms with Crippen molar-refractivity contribution in [2.24, 2.45) is 0 Å². The quantitative estimate of drug-likeness (QED) is 0.499. The smallest absolute Gasteiger partial charge is 0.274 e. The molecule has 6 nitrogen and oxygen atoms in total. The molecular formula is C23H17N5OS. The maximum Gasteiger partial charge on any atom is 0.274 e. The van der Waals surface area contributed by atoms with E-state index < -0.39 is 0 Å². The van der Waals surface area contributed by atoms with Crippen molar-refractivity contribution < 1.29 is 4.79 Å². The van der Waals surface area contributed by atoms with Crippen LogP contribution in [0.2, 0.25) is 0 Å². The van der Waals surface area contributed by atoms with Gasteiger partial charge in [-0.05, 0) is 53.6 Å². The van der Waals surface area contributed by atoms with Gasteiger partial charge in [-0.1, -0.05) is 18.2 Å². The highest BCUT2D eigenvalue weighted by molar-refractivity contribution is 7.14. The lowest BCUT2D eigenvalue weighted by atomic mass is 10.1. The second-order valence-corrected chi connectivity index (χ2v) is 7.33. The Hall–Kier alpha value is -4.02. The third-order valence-electron chi connectivity index (χ3n) is 4.39. The molecule has 4 rings (SSSR count). The number of hydrogen-bond donors (Lipinski definition) is 1. The van der Waals surface area contributed by atoms with Gasteiger partial charge in [-0.2, -0.15) is 5.26 Å². The molecule has 146 valence electrons. The predicted octanol–water partition coefficient (Wildman–Crippen LogP) is 4.68. The number of thiazole rings is 1. The first-order chi connectivity index (χ1) is 14.7.